The molecule has 1 aromatic rings. The number of anilines is 1. The molecule has 4 heteroatoms. The van der Waals surface area contributed by atoms with Crippen molar-refractivity contribution in [2.45, 2.75) is 72.8 Å². The highest BCUT2D eigenvalue weighted by Crippen LogP contribution is 2.25. The molecule has 142 valence electrons. The van der Waals surface area contributed by atoms with Crippen molar-refractivity contribution in [3.05, 3.63) is 23.8 Å². The summed E-state index contributed by atoms with van der Waals surface area (Å²) in [6, 6.07) is 5.76. The number of aryl methyl sites for hydroxylation is 1. The maximum atomic E-state index is 12.8. The van der Waals surface area contributed by atoms with E-state index in [4.69, 9.17) is 9.47 Å². The second-order valence-corrected chi connectivity index (χ2v) is 7.26. The van der Waals surface area contributed by atoms with Gasteiger partial charge in [-0.25, -0.2) is 0 Å². The van der Waals surface area contributed by atoms with Crippen LogP contribution in [-0.2, 0) is 9.53 Å². The van der Waals surface area contributed by atoms with Crippen molar-refractivity contribution in [2.75, 3.05) is 18.5 Å². The highest BCUT2D eigenvalue weighted by atomic mass is 16.5. The van der Waals surface area contributed by atoms with E-state index >= 15 is 0 Å². The predicted molar refractivity (Wildman–Crippen MR) is 104 cm³/mol. The minimum absolute atomic E-state index is 0.0827. The summed E-state index contributed by atoms with van der Waals surface area (Å²) in [5.41, 5.74) is 1.01. The van der Waals surface area contributed by atoms with Gasteiger partial charge < -0.3 is 14.8 Å². The maximum absolute atomic E-state index is 12.8. The number of carbonyl (C=O) groups is 1. The number of benzene rings is 1. The van der Waals surface area contributed by atoms with E-state index in [1.54, 1.807) is 0 Å². The van der Waals surface area contributed by atoms with Gasteiger partial charge in [-0.1, -0.05) is 40.0 Å². The van der Waals surface area contributed by atoms with Crippen molar-refractivity contribution in [3.63, 3.8) is 0 Å². The second-order valence-electron chi connectivity index (χ2n) is 7.26. The van der Waals surface area contributed by atoms with Crippen molar-refractivity contribution >= 4 is 11.6 Å². The van der Waals surface area contributed by atoms with Crippen LogP contribution in [0.3, 0.4) is 0 Å². The van der Waals surface area contributed by atoms with Crippen LogP contribution in [0.25, 0.3) is 0 Å². The molecule has 0 unspecified atom stereocenters. The summed E-state index contributed by atoms with van der Waals surface area (Å²) in [6.45, 7) is 13.4. The van der Waals surface area contributed by atoms with Crippen LogP contribution in [0.1, 0.15) is 65.9 Å². The fourth-order valence-electron chi connectivity index (χ4n) is 2.69. The van der Waals surface area contributed by atoms with E-state index in [-0.39, 0.29) is 5.91 Å². The Hall–Kier alpha value is -1.55. The maximum Gasteiger partial charge on any atom is 0.256 e. The molecule has 1 rings (SSSR count). The second kappa shape index (κ2) is 10.4. The van der Waals surface area contributed by atoms with Crippen LogP contribution >= 0.6 is 0 Å². The Morgan fingerprint density at radius 3 is 2.52 bits per heavy atom. The van der Waals surface area contributed by atoms with E-state index in [1.165, 1.54) is 0 Å². The fourth-order valence-corrected chi connectivity index (χ4v) is 2.69. The van der Waals surface area contributed by atoms with Crippen molar-refractivity contribution < 1.29 is 14.3 Å². The van der Waals surface area contributed by atoms with E-state index in [0.29, 0.717) is 19.1 Å². The zero-order valence-electron chi connectivity index (χ0n) is 16.8. The number of ether oxygens (including phenoxy) is 2. The number of nitrogens with one attached hydrogen (secondary N) is 1. The van der Waals surface area contributed by atoms with Gasteiger partial charge in [-0.2, -0.15) is 0 Å². The molecule has 0 aliphatic rings. The van der Waals surface area contributed by atoms with Gasteiger partial charge in [-0.3, -0.25) is 4.79 Å². The van der Waals surface area contributed by atoms with Gasteiger partial charge in [0.15, 0.2) is 0 Å². The highest BCUT2D eigenvalue weighted by Gasteiger charge is 2.33. The average Bonchev–Trinajstić information content (AvgIpc) is 2.54. The first-order valence-electron chi connectivity index (χ1n) is 9.51. The molecule has 1 amide bonds. The Kier molecular flexibility index (Phi) is 8.98. The van der Waals surface area contributed by atoms with Gasteiger partial charge in [0.2, 0.25) is 0 Å². The molecule has 25 heavy (non-hydrogen) atoms. The van der Waals surface area contributed by atoms with Crippen LogP contribution in [0.4, 0.5) is 5.69 Å². The third-order valence-corrected chi connectivity index (χ3v) is 4.21. The minimum atomic E-state index is -0.787. The SMILES string of the molecule is CCCCC[C@](C)(OCC)C(=O)Nc1ccc(OCC(C)C)c(C)c1. The molecular weight excluding hydrogens is 314 g/mol. The lowest BCUT2D eigenvalue weighted by Gasteiger charge is -2.28. The lowest BCUT2D eigenvalue weighted by molar-refractivity contribution is -0.139. The van der Waals surface area contributed by atoms with Gasteiger partial charge in [-0.05, 0) is 56.9 Å². The Balaban J connectivity index is 2.77. The van der Waals surface area contributed by atoms with E-state index < -0.39 is 5.60 Å². The molecular formula is C21H35NO3. The smallest absolute Gasteiger partial charge is 0.256 e. The van der Waals surface area contributed by atoms with Crippen molar-refractivity contribution in [3.8, 4) is 5.75 Å². The van der Waals surface area contributed by atoms with Crippen LogP contribution in [0, 0.1) is 12.8 Å². The van der Waals surface area contributed by atoms with Crippen molar-refractivity contribution in [2.24, 2.45) is 5.92 Å². The summed E-state index contributed by atoms with van der Waals surface area (Å²) in [6.07, 6.45) is 3.95. The van der Waals surface area contributed by atoms with Crippen molar-refractivity contribution in [1.82, 2.24) is 0 Å². The van der Waals surface area contributed by atoms with Gasteiger partial charge in [0.1, 0.15) is 11.4 Å². The van der Waals surface area contributed by atoms with Gasteiger partial charge in [0, 0.05) is 12.3 Å². The minimum Gasteiger partial charge on any atom is -0.493 e. The molecule has 0 aliphatic heterocycles. The van der Waals surface area contributed by atoms with E-state index in [1.807, 2.05) is 39.0 Å². The number of rotatable bonds is 11. The van der Waals surface area contributed by atoms with Gasteiger partial charge in [0.05, 0.1) is 6.61 Å². The van der Waals surface area contributed by atoms with Gasteiger partial charge in [0.25, 0.3) is 5.91 Å². The average molecular weight is 350 g/mol. The summed E-state index contributed by atoms with van der Waals surface area (Å²) >= 11 is 0. The lowest BCUT2D eigenvalue weighted by Crippen LogP contribution is -2.42. The number of hydrogen-bond donors (Lipinski definition) is 1. The molecule has 4 nitrogen and oxygen atoms in total. The molecule has 0 heterocycles. The third-order valence-electron chi connectivity index (χ3n) is 4.21. The summed E-state index contributed by atoms with van der Waals surface area (Å²) in [5, 5.41) is 3.01. The fraction of sp³-hybridized carbons (Fsp3) is 0.667. The number of hydrogen-bond acceptors (Lipinski definition) is 3. The molecule has 0 aliphatic carbocycles. The Bertz CT molecular complexity index is 542. The molecule has 0 aromatic heterocycles. The number of amides is 1. The van der Waals surface area contributed by atoms with E-state index in [2.05, 4.69) is 26.1 Å². The van der Waals surface area contributed by atoms with Crippen LogP contribution in [0.2, 0.25) is 0 Å². The topological polar surface area (TPSA) is 47.6 Å². The molecule has 0 spiro atoms. The third kappa shape index (κ3) is 7.07. The monoisotopic (exact) mass is 349 g/mol. The number of carbonyl (C=O) groups excluding carboxylic acids is 1. The first-order valence-corrected chi connectivity index (χ1v) is 9.51. The molecule has 0 saturated heterocycles. The van der Waals surface area contributed by atoms with Crippen LogP contribution in [-0.4, -0.2) is 24.7 Å². The van der Waals surface area contributed by atoms with E-state index in [0.717, 1.165) is 42.7 Å². The lowest BCUT2D eigenvalue weighted by atomic mass is 9.96. The van der Waals surface area contributed by atoms with Gasteiger partial charge >= 0.3 is 0 Å². The molecule has 1 aromatic carbocycles. The largest absolute Gasteiger partial charge is 0.493 e. The van der Waals surface area contributed by atoms with E-state index in [9.17, 15) is 4.79 Å². The molecule has 1 N–H and O–H groups in total. The first kappa shape index (κ1) is 21.5. The standard InChI is InChI=1S/C21H35NO3/c1-7-9-10-13-21(6,25-8-2)20(23)22-18-11-12-19(17(5)14-18)24-15-16(3)4/h11-12,14,16H,7-10,13,15H2,1-6H3,(H,22,23)/t21-/m0/s1. The Morgan fingerprint density at radius 1 is 1.24 bits per heavy atom. The quantitative estimate of drug-likeness (QED) is 0.548. The summed E-state index contributed by atoms with van der Waals surface area (Å²) in [4.78, 5) is 12.8. The molecule has 1 atom stereocenters. The Labute approximate surface area is 153 Å². The first-order chi connectivity index (χ1) is 11.8. The summed E-state index contributed by atoms with van der Waals surface area (Å²) in [7, 11) is 0. The molecule has 0 radical (unpaired) electrons. The van der Waals surface area contributed by atoms with Crippen LogP contribution in [0.5, 0.6) is 5.75 Å². The van der Waals surface area contributed by atoms with Crippen LogP contribution in [0.15, 0.2) is 18.2 Å². The number of unbranched alkanes of at least 4 members (excludes halogenated alkanes) is 2. The summed E-state index contributed by atoms with van der Waals surface area (Å²) < 4.78 is 11.6. The normalized spacial score (nSPS) is 13.6. The predicted octanol–water partition coefficient (Wildman–Crippen LogP) is 5.34. The van der Waals surface area contributed by atoms with Gasteiger partial charge in [-0.15, -0.1) is 0 Å². The zero-order valence-corrected chi connectivity index (χ0v) is 16.8. The Morgan fingerprint density at radius 2 is 1.96 bits per heavy atom. The van der Waals surface area contributed by atoms with Crippen molar-refractivity contribution in [1.29, 1.82) is 0 Å². The summed E-state index contributed by atoms with van der Waals surface area (Å²) in [5.74, 6) is 1.26. The molecule has 0 fully saturated rings. The van der Waals surface area contributed by atoms with Crippen LogP contribution < -0.4 is 10.1 Å². The zero-order chi connectivity index (χ0) is 18.9. The molecule has 0 bridgehead atoms. The highest BCUT2D eigenvalue weighted by molar-refractivity contribution is 5.97. The molecule has 0 saturated carbocycles.